The molecule has 1 aromatic heterocycles. The summed E-state index contributed by atoms with van der Waals surface area (Å²) in [5.74, 6) is 2.74. The van der Waals surface area contributed by atoms with Gasteiger partial charge in [-0.05, 0) is 42.5 Å². The summed E-state index contributed by atoms with van der Waals surface area (Å²) in [6.07, 6.45) is 2.72. The second-order valence-electron chi connectivity index (χ2n) is 7.27. The summed E-state index contributed by atoms with van der Waals surface area (Å²) < 4.78 is 27.7. The highest BCUT2D eigenvalue weighted by Crippen LogP contribution is 2.45. The van der Waals surface area contributed by atoms with Gasteiger partial charge in [0, 0.05) is 20.2 Å². The van der Waals surface area contributed by atoms with Crippen molar-refractivity contribution in [2.24, 2.45) is 0 Å². The van der Waals surface area contributed by atoms with E-state index in [2.05, 4.69) is 27.2 Å². The maximum absolute atomic E-state index is 6.35. The van der Waals surface area contributed by atoms with Crippen LogP contribution in [0.1, 0.15) is 35.7 Å². The molecular formula is C20H27N3O5. The maximum Gasteiger partial charge on any atom is 0.240 e. The Kier molecular flexibility index (Phi) is 5.52. The third-order valence-corrected chi connectivity index (χ3v) is 5.66. The van der Waals surface area contributed by atoms with Gasteiger partial charge in [0.1, 0.15) is 6.61 Å². The maximum atomic E-state index is 6.35. The quantitative estimate of drug-likeness (QED) is 0.745. The fourth-order valence-corrected chi connectivity index (χ4v) is 4.21. The topological polar surface area (TPSA) is 79.1 Å². The van der Waals surface area contributed by atoms with E-state index in [1.54, 1.807) is 21.3 Å². The van der Waals surface area contributed by atoms with Crippen molar-refractivity contribution in [1.82, 2.24) is 15.0 Å². The van der Waals surface area contributed by atoms with Gasteiger partial charge in [-0.25, -0.2) is 0 Å². The van der Waals surface area contributed by atoms with Crippen molar-refractivity contribution in [1.29, 1.82) is 0 Å². The van der Waals surface area contributed by atoms with Gasteiger partial charge in [0.25, 0.3) is 0 Å². The Morgan fingerprint density at radius 1 is 1.11 bits per heavy atom. The average Bonchev–Trinajstić information content (AvgIpc) is 3.16. The van der Waals surface area contributed by atoms with E-state index in [4.69, 9.17) is 23.5 Å². The Balaban J connectivity index is 1.48. The van der Waals surface area contributed by atoms with Gasteiger partial charge in [-0.15, -0.1) is 0 Å². The van der Waals surface area contributed by atoms with Crippen molar-refractivity contribution in [2.75, 3.05) is 41.0 Å². The van der Waals surface area contributed by atoms with Crippen LogP contribution in [0.25, 0.3) is 0 Å². The molecule has 8 nitrogen and oxygen atoms in total. The minimum atomic E-state index is -0.264. The summed E-state index contributed by atoms with van der Waals surface area (Å²) in [5, 5.41) is 3.93. The van der Waals surface area contributed by atoms with E-state index < -0.39 is 0 Å². The van der Waals surface area contributed by atoms with Crippen molar-refractivity contribution in [3.63, 3.8) is 0 Å². The molecular weight excluding hydrogens is 362 g/mol. The van der Waals surface area contributed by atoms with Crippen molar-refractivity contribution < 1.29 is 23.5 Å². The van der Waals surface area contributed by atoms with E-state index in [0.29, 0.717) is 24.9 Å². The van der Waals surface area contributed by atoms with Crippen LogP contribution in [0.15, 0.2) is 16.7 Å². The van der Waals surface area contributed by atoms with Gasteiger partial charge < -0.3 is 23.5 Å². The molecule has 152 valence electrons. The number of ether oxygens (including phenoxy) is 4. The molecule has 0 bridgehead atoms. The molecule has 4 rings (SSSR count). The smallest absolute Gasteiger partial charge is 0.240 e. The lowest BCUT2D eigenvalue weighted by atomic mass is 9.79. The first kappa shape index (κ1) is 19.2. The van der Waals surface area contributed by atoms with E-state index in [-0.39, 0.29) is 5.60 Å². The van der Waals surface area contributed by atoms with Crippen LogP contribution in [0, 0.1) is 0 Å². The van der Waals surface area contributed by atoms with Gasteiger partial charge in [0.05, 0.1) is 33.0 Å². The molecule has 0 N–H and O–H groups in total. The number of benzene rings is 1. The molecule has 3 heterocycles. The van der Waals surface area contributed by atoms with Crippen molar-refractivity contribution in [2.45, 2.75) is 38.0 Å². The fourth-order valence-electron chi connectivity index (χ4n) is 4.21. The first-order valence-electron chi connectivity index (χ1n) is 9.59. The number of rotatable bonds is 6. The number of fused-ring (bicyclic) bond motifs is 2. The predicted octanol–water partition coefficient (Wildman–Crippen LogP) is 2.30. The number of aromatic nitrogens is 2. The molecule has 1 aromatic carbocycles. The second kappa shape index (κ2) is 8.06. The minimum Gasteiger partial charge on any atom is -0.493 e. The second-order valence-corrected chi connectivity index (χ2v) is 7.27. The van der Waals surface area contributed by atoms with Gasteiger partial charge >= 0.3 is 0 Å². The van der Waals surface area contributed by atoms with Crippen LogP contribution in [0.5, 0.6) is 11.5 Å². The summed E-state index contributed by atoms with van der Waals surface area (Å²) in [5.41, 5.74) is 2.26. The van der Waals surface area contributed by atoms with Gasteiger partial charge in [-0.1, -0.05) is 5.16 Å². The number of methoxy groups -OCH3 is 3. The van der Waals surface area contributed by atoms with Gasteiger partial charge in [0.15, 0.2) is 17.3 Å². The molecule has 1 fully saturated rings. The van der Waals surface area contributed by atoms with E-state index in [1.165, 1.54) is 11.1 Å². The largest absolute Gasteiger partial charge is 0.493 e. The lowest BCUT2D eigenvalue weighted by Gasteiger charge is -2.45. The Bertz CT molecular complexity index is 814. The van der Waals surface area contributed by atoms with Crippen molar-refractivity contribution in [3.8, 4) is 11.5 Å². The molecule has 0 aliphatic carbocycles. The van der Waals surface area contributed by atoms with Crippen LogP contribution in [0.2, 0.25) is 0 Å². The van der Waals surface area contributed by atoms with E-state index >= 15 is 0 Å². The van der Waals surface area contributed by atoms with Crippen molar-refractivity contribution in [3.05, 3.63) is 35.0 Å². The molecule has 8 heteroatoms. The Morgan fingerprint density at radius 3 is 2.57 bits per heavy atom. The molecule has 2 aromatic rings. The molecule has 0 atom stereocenters. The number of likely N-dealkylation sites (tertiary alicyclic amines) is 1. The molecule has 1 spiro atoms. The van der Waals surface area contributed by atoms with Crippen LogP contribution in [0.3, 0.4) is 0 Å². The fraction of sp³-hybridized carbons (Fsp3) is 0.600. The normalized spacial score (nSPS) is 18.8. The number of nitrogens with zero attached hydrogens (tertiary/aromatic N) is 3. The Morgan fingerprint density at radius 2 is 1.86 bits per heavy atom. The zero-order chi connectivity index (χ0) is 19.6. The van der Waals surface area contributed by atoms with Gasteiger partial charge in [-0.2, -0.15) is 4.98 Å². The molecule has 0 unspecified atom stereocenters. The van der Waals surface area contributed by atoms with Crippen LogP contribution in [-0.2, 0) is 34.6 Å². The van der Waals surface area contributed by atoms with Crippen LogP contribution < -0.4 is 9.47 Å². The number of hydrogen-bond acceptors (Lipinski definition) is 8. The van der Waals surface area contributed by atoms with E-state index in [1.807, 2.05) is 0 Å². The van der Waals surface area contributed by atoms with Gasteiger partial charge in [0.2, 0.25) is 5.89 Å². The molecule has 1 saturated heterocycles. The van der Waals surface area contributed by atoms with Crippen LogP contribution >= 0.6 is 0 Å². The Hall–Kier alpha value is -2.16. The molecule has 2 aliphatic heterocycles. The first-order chi connectivity index (χ1) is 13.7. The molecule has 0 saturated carbocycles. The molecule has 28 heavy (non-hydrogen) atoms. The summed E-state index contributed by atoms with van der Waals surface area (Å²) >= 11 is 0. The summed E-state index contributed by atoms with van der Waals surface area (Å²) in [7, 11) is 4.96. The zero-order valence-corrected chi connectivity index (χ0v) is 16.7. The summed E-state index contributed by atoms with van der Waals surface area (Å²) in [6, 6.07) is 4.19. The van der Waals surface area contributed by atoms with Crippen LogP contribution in [0.4, 0.5) is 0 Å². The Labute approximate surface area is 164 Å². The minimum absolute atomic E-state index is 0.264. The van der Waals surface area contributed by atoms with Crippen molar-refractivity contribution >= 4 is 0 Å². The van der Waals surface area contributed by atoms with E-state index in [0.717, 1.165) is 50.5 Å². The number of piperidine rings is 1. The summed E-state index contributed by atoms with van der Waals surface area (Å²) in [4.78, 5) is 6.70. The first-order valence-corrected chi connectivity index (χ1v) is 9.59. The van der Waals surface area contributed by atoms with Gasteiger partial charge in [-0.3, -0.25) is 4.90 Å². The average molecular weight is 389 g/mol. The highest BCUT2D eigenvalue weighted by Gasteiger charge is 2.41. The molecule has 2 aliphatic rings. The highest BCUT2D eigenvalue weighted by molar-refractivity contribution is 5.50. The van der Waals surface area contributed by atoms with E-state index in [9.17, 15) is 0 Å². The molecule has 0 radical (unpaired) electrons. The third-order valence-electron chi connectivity index (χ3n) is 5.66. The number of hydrogen-bond donors (Lipinski definition) is 0. The lowest BCUT2D eigenvalue weighted by Crippen LogP contribution is -2.46. The highest BCUT2D eigenvalue weighted by atomic mass is 16.5. The zero-order valence-electron chi connectivity index (χ0n) is 16.7. The third kappa shape index (κ3) is 3.59. The summed E-state index contributed by atoms with van der Waals surface area (Å²) in [6.45, 7) is 3.53. The van der Waals surface area contributed by atoms with Crippen LogP contribution in [-0.4, -0.2) is 56.1 Å². The predicted molar refractivity (Wildman–Crippen MR) is 100 cm³/mol. The monoisotopic (exact) mass is 389 g/mol. The molecule has 0 amide bonds. The standard InChI is InChI=1S/C20H27N3O5/c1-24-13-18-21-19(28-22-18)12-23-7-5-20(6-8-23)15-11-17(26-3)16(25-2)10-14(15)4-9-27-20/h10-11H,4-9,12-13H2,1-3H3. The SMILES string of the molecule is COCc1noc(CN2CCC3(CC2)OCCc2cc(OC)c(OC)cc23)n1. The lowest BCUT2D eigenvalue weighted by molar-refractivity contribution is -0.0998.